The predicted octanol–water partition coefficient (Wildman–Crippen LogP) is 1.79. The van der Waals surface area contributed by atoms with Gasteiger partial charge in [-0.25, -0.2) is 9.59 Å². The third-order valence-corrected chi connectivity index (χ3v) is 4.35. The van der Waals surface area contributed by atoms with Crippen LogP contribution in [0.25, 0.3) is 0 Å². The molecule has 6 heteroatoms. The lowest BCUT2D eigenvalue weighted by atomic mass is 9.99. The Balaban J connectivity index is 1.62. The standard InChI is InChI=1S/C16H20N2O4/c19-15(20)14(12-6-7-22-9-12)18-16(21)17-13-5-4-10-2-1-3-11(10)8-13/h4-5,8,12,14H,1-3,6-7,9H2,(H,19,20)(H2,17,18,21)/t12-,14+/m0/s1. The lowest BCUT2D eigenvalue weighted by Gasteiger charge is -2.20. The quantitative estimate of drug-likeness (QED) is 0.791. The predicted molar refractivity (Wildman–Crippen MR) is 81.0 cm³/mol. The van der Waals surface area contributed by atoms with E-state index in [0.29, 0.717) is 25.3 Å². The van der Waals surface area contributed by atoms with E-state index in [-0.39, 0.29) is 5.92 Å². The number of hydrogen-bond donors (Lipinski definition) is 3. The van der Waals surface area contributed by atoms with Gasteiger partial charge in [-0.05, 0) is 48.9 Å². The summed E-state index contributed by atoms with van der Waals surface area (Å²) in [5.41, 5.74) is 3.29. The number of rotatable bonds is 4. The summed E-state index contributed by atoms with van der Waals surface area (Å²) in [5.74, 6) is -1.21. The van der Waals surface area contributed by atoms with Gasteiger partial charge in [-0.1, -0.05) is 6.07 Å². The Morgan fingerprint density at radius 2 is 2.09 bits per heavy atom. The SMILES string of the molecule is O=C(Nc1ccc2c(c1)CCC2)N[C@@H](C(=O)O)[C@H]1CCOC1. The summed E-state index contributed by atoms with van der Waals surface area (Å²) in [6, 6.07) is 4.44. The molecule has 1 saturated heterocycles. The van der Waals surface area contributed by atoms with Gasteiger partial charge in [-0.15, -0.1) is 0 Å². The second-order valence-corrected chi connectivity index (χ2v) is 5.88. The number of hydrogen-bond acceptors (Lipinski definition) is 3. The number of carbonyl (C=O) groups excluding carboxylic acids is 1. The Hall–Kier alpha value is -2.08. The maximum absolute atomic E-state index is 12.1. The van der Waals surface area contributed by atoms with Gasteiger partial charge in [0.25, 0.3) is 0 Å². The van der Waals surface area contributed by atoms with Crippen LogP contribution in [-0.2, 0) is 22.4 Å². The Labute approximate surface area is 128 Å². The van der Waals surface area contributed by atoms with Gasteiger partial charge in [-0.3, -0.25) is 0 Å². The molecule has 1 aromatic rings. The topological polar surface area (TPSA) is 87.7 Å². The number of carbonyl (C=O) groups is 2. The summed E-state index contributed by atoms with van der Waals surface area (Å²) in [6.45, 7) is 0.915. The molecular weight excluding hydrogens is 284 g/mol. The van der Waals surface area contributed by atoms with Gasteiger partial charge in [0, 0.05) is 18.2 Å². The molecule has 1 aliphatic heterocycles. The summed E-state index contributed by atoms with van der Waals surface area (Å²) < 4.78 is 5.20. The van der Waals surface area contributed by atoms with Crippen molar-refractivity contribution in [3.8, 4) is 0 Å². The van der Waals surface area contributed by atoms with E-state index in [9.17, 15) is 14.7 Å². The third-order valence-electron chi connectivity index (χ3n) is 4.35. The first-order chi connectivity index (χ1) is 10.6. The van der Waals surface area contributed by atoms with E-state index in [1.54, 1.807) is 0 Å². The van der Waals surface area contributed by atoms with Crippen LogP contribution in [0.2, 0.25) is 0 Å². The van der Waals surface area contributed by atoms with Crippen LogP contribution in [0, 0.1) is 5.92 Å². The van der Waals surface area contributed by atoms with Crippen LogP contribution in [0.1, 0.15) is 24.0 Å². The number of carboxylic acids is 1. The number of fused-ring (bicyclic) bond motifs is 1. The van der Waals surface area contributed by atoms with E-state index in [1.165, 1.54) is 11.1 Å². The highest BCUT2D eigenvalue weighted by atomic mass is 16.5. The molecule has 2 aliphatic rings. The molecule has 0 radical (unpaired) electrons. The Morgan fingerprint density at radius 1 is 1.27 bits per heavy atom. The van der Waals surface area contributed by atoms with Crippen LogP contribution in [0.5, 0.6) is 0 Å². The fourth-order valence-electron chi connectivity index (χ4n) is 3.15. The smallest absolute Gasteiger partial charge is 0.326 e. The normalized spacial score (nSPS) is 21.2. The largest absolute Gasteiger partial charge is 0.480 e. The van der Waals surface area contributed by atoms with E-state index < -0.39 is 18.0 Å². The molecule has 1 heterocycles. The van der Waals surface area contributed by atoms with Crippen molar-refractivity contribution in [1.29, 1.82) is 0 Å². The van der Waals surface area contributed by atoms with Gasteiger partial charge < -0.3 is 20.5 Å². The molecule has 0 bridgehead atoms. The van der Waals surface area contributed by atoms with Gasteiger partial charge >= 0.3 is 12.0 Å². The number of urea groups is 1. The second kappa shape index (κ2) is 6.36. The van der Waals surface area contributed by atoms with Crippen LogP contribution in [0.15, 0.2) is 18.2 Å². The zero-order valence-corrected chi connectivity index (χ0v) is 12.3. The molecule has 118 valence electrons. The van der Waals surface area contributed by atoms with Gasteiger partial charge in [0.15, 0.2) is 0 Å². The molecule has 0 aromatic heterocycles. The van der Waals surface area contributed by atoms with Gasteiger partial charge in [0.2, 0.25) is 0 Å². The zero-order chi connectivity index (χ0) is 15.5. The Bertz CT molecular complexity index is 582. The van der Waals surface area contributed by atoms with Crippen LogP contribution in [0.3, 0.4) is 0 Å². The molecule has 1 fully saturated rings. The van der Waals surface area contributed by atoms with Crippen LogP contribution in [0.4, 0.5) is 10.5 Å². The maximum Gasteiger partial charge on any atom is 0.326 e. The van der Waals surface area contributed by atoms with Crippen molar-refractivity contribution in [1.82, 2.24) is 5.32 Å². The van der Waals surface area contributed by atoms with Crippen LogP contribution in [-0.4, -0.2) is 36.4 Å². The number of ether oxygens (including phenoxy) is 1. The number of carboxylic acid groups (broad SMARTS) is 1. The summed E-state index contributed by atoms with van der Waals surface area (Å²) in [6.07, 6.45) is 3.91. The fourth-order valence-corrected chi connectivity index (χ4v) is 3.15. The molecular formula is C16H20N2O4. The number of anilines is 1. The monoisotopic (exact) mass is 304 g/mol. The molecule has 6 nitrogen and oxygen atoms in total. The molecule has 1 aliphatic carbocycles. The van der Waals surface area contributed by atoms with Gasteiger partial charge in [0.1, 0.15) is 6.04 Å². The molecule has 22 heavy (non-hydrogen) atoms. The van der Waals surface area contributed by atoms with E-state index in [0.717, 1.165) is 19.3 Å². The molecule has 3 N–H and O–H groups in total. The minimum atomic E-state index is -1.03. The summed E-state index contributed by atoms with van der Waals surface area (Å²) >= 11 is 0. The van der Waals surface area contributed by atoms with Crippen LogP contribution >= 0.6 is 0 Å². The van der Waals surface area contributed by atoms with E-state index in [4.69, 9.17) is 4.74 Å². The van der Waals surface area contributed by atoms with Crippen molar-refractivity contribution in [2.75, 3.05) is 18.5 Å². The van der Waals surface area contributed by atoms with E-state index in [1.807, 2.05) is 18.2 Å². The molecule has 3 rings (SSSR count). The second-order valence-electron chi connectivity index (χ2n) is 5.88. The molecule has 0 spiro atoms. The van der Waals surface area contributed by atoms with E-state index >= 15 is 0 Å². The summed E-state index contributed by atoms with van der Waals surface area (Å²) in [4.78, 5) is 23.4. The van der Waals surface area contributed by atoms with E-state index in [2.05, 4.69) is 10.6 Å². The van der Waals surface area contributed by atoms with Gasteiger partial charge in [0.05, 0.1) is 6.61 Å². The van der Waals surface area contributed by atoms with Crippen molar-refractivity contribution in [2.24, 2.45) is 5.92 Å². The lowest BCUT2D eigenvalue weighted by molar-refractivity contribution is -0.140. The minimum Gasteiger partial charge on any atom is -0.480 e. The number of aliphatic carboxylic acids is 1. The van der Waals surface area contributed by atoms with Crippen molar-refractivity contribution < 1.29 is 19.4 Å². The number of benzene rings is 1. The lowest BCUT2D eigenvalue weighted by Crippen LogP contribution is -2.47. The first kappa shape index (κ1) is 14.8. The highest BCUT2D eigenvalue weighted by Gasteiger charge is 2.32. The molecule has 2 amide bonds. The highest BCUT2D eigenvalue weighted by Crippen LogP contribution is 2.25. The molecule has 1 aromatic carbocycles. The zero-order valence-electron chi connectivity index (χ0n) is 12.3. The number of amides is 2. The summed E-state index contributed by atoms with van der Waals surface area (Å²) in [7, 11) is 0. The fraction of sp³-hybridized carbons (Fsp3) is 0.500. The minimum absolute atomic E-state index is 0.178. The Kier molecular flexibility index (Phi) is 4.29. The highest BCUT2D eigenvalue weighted by molar-refractivity contribution is 5.92. The average Bonchev–Trinajstić information content (AvgIpc) is 3.15. The van der Waals surface area contributed by atoms with Crippen molar-refractivity contribution in [3.05, 3.63) is 29.3 Å². The third kappa shape index (κ3) is 3.22. The van der Waals surface area contributed by atoms with Crippen molar-refractivity contribution >= 4 is 17.7 Å². The average molecular weight is 304 g/mol. The molecule has 2 atom stereocenters. The molecule has 0 saturated carbocycles. The van der Waals surface area contributed by atoms with Crippen LogP contribution < -0.4 is 10.6 Å². The van der Waals surface area contributed by atoms with Crippen molar-refractivity contribution in [2.45, 2.75) is 31.7 Å². The number of aryl methyl sites for hydroxylation is 2. The number of nitrogens with one attached hydrogen (secondary N) is 2. The first-order valence-electron chi connectivity index (χ1n) is 7.63. The molecule has 0 unspecified atom stereocenters. The summed E-state index contributed by atoms with van der Waals surface area (Å²) in [5, 5.41) is 14.5. The Morgan fingerprint density at radius 3 is 2.82 bits per heavy atom. The van der Waals surface area contributed by atoms with Gasteiger partial charge in [-0.2, -0.15) is 0 Å². The first-order valence-corrected chi connectivity index (χ1v) is 7.63. The maximum atomic E-state index is 12.1. The van der Waals surface area contributed by atoms with Crippen molar-refractivity contribution in [3.63, 3.8) is 0 Å².